The Bertz CT molecular complexity index is 1240. The average molecular weight is 485 g/mol. The number of tetrazole rings is 1. The second-order valence-corrected chi connectivity index (χ2v) is 9.65. The molecule has 1 aromatic heterocycles. The number of rotatable bonds is 8. The number of para-hydroxylation sites is 1. The van der Waals surface area contributed by atoms with Gasteiger partial charge in [-0.25, -0.2) is 0 Å². The van der Waals surface area contributed by atoms with Crippen molar-refractivity contribution in [1.82, 2.24) is 30.4 Å². The van der Waals surface area contributed by atoms with Gasteiger partial charge in [-0.2, -0.15) is 4.68 Å². The molecule has 5 rings (SSSR count). The van der Waals surface area contributed by atoms with E-state index in [9.17, 15) is 4.79 Å². The molecule has 1 saturated heterocycles. The highest BCUT2D eigenvalue weighted by atomic mass is 32.2. The molecule has 2 heterocycles. The van der Waals surface area contributed by atoms with Crippen molar-refractivity contribution in [2.45, 2.75) is 36.1 Å². The van der Waals surface area contributed by atoms with Crippen LogP contribution >= 0.6 is 11.8 Å². The Morgan fingerprint density at radius 3 is 2.37 bits per heavy atom. The Balaban J connectivity index is 1.18. The molecule has 8 heteroatoms. The van der Waals surface area contributed by atoms with Crippen molar-refractivity contribution in [3.05, 3.63) is 102 Å². The van der Waals surface area contributed by atoms with Gasteiger partial charge in [-0.05, 0) is 53.1 Å². The minimum absolute atomic E-state index is 0.0164. The Labute approximate surface area is 209 Å². The third-order valence-corrected chi connectivity index (χ3v) is 7.26. The van der Waals surface area contributed by atoms with Gasteiger partial charge in [0.15, 0.2) is 5.82 Å². The first kappa shape index (κ1) is 23.3. The molecule has 1 N–H and O–H groups in total. The number of carbonyl (C=O) groups is 1. The van der Waals surface area contributed by atoms with Crippen molar-refractivity contribution in [2.24, 2.45) is 0 Å². The average Bonchev–Trinajstić information content (AvgIpc) is 3.39. The third kappa shape index (κ3) is 5.96. The number of carbonyl (C=O) groups excluding carboxylic acids is 1. The van der Waals surface area contributed by atoms with Gasteiger partial charge in [0.2, 0.25) is 0 Å². The summed E-state index contributed by atoms with van der Waals surface area (Å²) in [6, 6.07) is 28.3. The quantitative estimate of drug-likeness (QED) is 0.375. The summed E-state index contributed by atoms with van der Waals surface area (Å²) >= 11 is 1.57. The number of benzene rings is 3. The molecular formula is C27H28N6OS. The van der Waals surface area contributed by atoms with Crippen LogP contribution in [0.1, 0.15) is 34.6 Å². The van der Waals surface area contributed by atoms with E-state index in [0.29, 0.717) is 11.3 Å². The molecule has 4 aromatic rings. The van der Waals surface area contributed by atoms with Crippen LogP contribution in [0.25, 0.3) is 5.69 Å². The van der Waals surface area contributed by atoms with Crippen LogP contribution in [0, 0.1) is 0 Å². The zero-order chi connectivity index (χ0) is 23.9. The van der Waals surface area contributed by atoms with Crippen LogP contribution in [-0.2, 0) is 12.3 Å². The van der Waals surface area contributed by atoms with E-state index in [-0.39, 0.29) is 11.9 Å². The molecule has 0 unspecified atom stereocenters. The van der Waals surface area contributed by atoms with E-state index in [1.165, 1.54) is 5.56 Å². The van der Waals surface area contributed by atoms with Crippen LogP contribution in [0.5, 0.6) is 0 Å². The summed E-state index contributed by atoms with van der Waals surface area (Å²) in [6.07, 6.45) is 1.92. The lowest BCUT2D eigenvalue weighted by atomic mass is 10.0. The summed E-state index contributed by atoms with van der Waals surface area (Å²) in [5.74, 6) is 1.28. The van der Waals surface area contributed by atoms with Crippen LogP contribution in [0.2, 0.25) is 0 Å². The molecular weight excluding hydrogens is 456 g/mol. The first-order valence-electron chi connectivity index (χ1n) is 11.9. The minimum Gasteiger partial charge on any atom is -0.349 e. The molecule has 0 aliphatic carbocycles. The molecule has 1 aliphatic heterocycles. The molecule has 1 fully saturated rings. The molecule has 7 nitrogen and oxygen atoms in total. The van der Waals surface area contributed by atoms with E-state index >= 15 is 0 Å². The summed E-state index contributed by atoms with van der Waals surface area (Å²) in [4.78, 5) is 16.6. The monoisotopic (exact) mass is 484 g/mol. The molecule has 0 spiro atoms. The van der Waals surface area contributed by atoms with Crippen LogP contribution in [0.15, 0.2) is 89.8 Å². The maximum Gasteiger partial charge on any atom is 0.252 e. The number of nitrogens with zero attached hydrogens (tertiary/aromatic N) is 5. The zero-order valence-corrected chi connectivity index (χ0v) is 20.3. The standard InChI is InChI=1S/C27H28N6OS/c34-27(28-22-15-17-32(18-16-22)19-21-9-3-1-4-10-21)24-13-7-8-14-25(24)35-20-26-29-30-31-33(26)23-11-5-2-6-12-23/h1-14,22H,15-20H2,(H,28,34). The van der Waals surface area contributed by atoms with E-state index in [1.54, 1.807) is 16.4 Å². The minimum atomic E-state index is -0.0164. The number of likely N-dealkylation sites (tertiary alicyclic amines) is 1. The number of piperidine rings is 1. The number of nitrogens with one attached hydrogen (secondary N) is 1. The molecule has 1 amide bonds. The Morgan fingerprint density at radius 1 is 0.914 bits per heavy atom. The van der Waals surface area contributed by atoms with Crippen molar-refractivity contribution in [3.63, 3.8) is 0 Å². The molecule has 0 bridgehead atoms. The molecule has 0 saturated carbocycles. The highest BCUT2D eigenvalue weighted by Crippen LogP contribution is 2.26. The van der Waals surface area contributed by atoms with E-state index in [4.69, 9.17) is 0 Å². The number of aromatic nitrogens is 4. The SMILES string of the molecule is O=C(NC1CCN(Cc2ccccc2)CC1)c1ccccc1SCc1nnnn1-c1ccccc1. The summed E-state index contributed by atoms with van der Waals surface area (Å²) < 4.78 is 1.74. The lowest BCUT2D eigenvalue weighted by molar-refractivity contribution is 0.0906. The van der Waals surface area contributed by atoms with Gasteiger partial charge in [0, 0.05) is 30.6 Å². The number of hydrogen-bond acceptors (Lipinski definition) is 6. The summed E-state index contributed by atoms with van der Waals surface area (Å²) in [6.45, 7) is 2.93. The van der Waals surface area contributed by atoms with E-state index < -0.39 is 0 Å². The van der Waals surface area contributed by atoms with Gasteiger partial charge < -0.3 is 5.32 Å². The van der Waals surface area contributed by atoms with Gasteiger partial charge in [0.1, 0.15) is 0 Å². The highest BCUT2D eigenvalue weighted by molar-refractivity contribution is 7.98. The van der Waals surface area contributed by atoms with Crippen molar-refractivity contribution in [3.8, 4) is 5.69 Å². The number of hydrogen-bond donors (Lipinski definition) is 1. The second-order valence-electron chi connectivity index (χ2n) is 8.64. The van der Waals surface area contributed by atoms with E-state index in [0.717, 1.165) is 48.9 Å². The number of thioether (sulfide) groups is 1. The maximum absolute atomic E-state index is 13.2. The van der Waals surface area contributed by atoms with Crippen LogP contribution in [-0.4, -0.2) is 50.1 Å². The van der Waals surface area contributed by atoms with Gasteiger partial charge in [-0.3, -0.25) is 9.69 Å². The zero-order valence-electron chi connectivity index (χ0n) is 19.5. The molecule has 178 valence electrons. The normalized spacial score (nSPS) is 14.6. The van der Waals surface area contributed by atoms with Crippen molar-refractivity contribution in [2.75, 3.05) is 13.1 Å². The van der Waals surface area contributed by atoms with E-state index in [2.05, 4.69) is 50.0 Å². The second kappa shape index (κ2) is 11.3. The van der Waals surface area contributed by atoms with Gasteiger partial charge in [0.05, 0.1) is 17.0 Å². The summed E-state index contributed by atoms with van der Waals surface area (Å²) in [5, 5.41) is 15.4. The van der Waals surface area contributed by atoms with Gasteiger partial charge >= 0.3 is 0 Å². The predicted octanol–water partition coefficient (Wildman–Crippen LogP) is 4.35. The fraction of sp³-hybridized carbons (Fsp3) is 0.259. The third-order valence-electron chi connectivity index (χ3n) is 6.20. The fourth-order valence-electron chi connectivity index (χ4n) is 4.33. The van der Waals surface area contributed by atoms with Crippen molar-refractivity contribution < 1.29 is 4.79 Å². The summed E-state index contributed by atoms with van der Waals surface area (Å²) in [5.41, 5.74) is 2.94. The first-order chi connectivity index (χ1) is 17.3. The lowest BCUT2D eigenvalue weighted by Crippen LogP contribution is -2.44. The number of amides is 1. The first-order valence-corrected chi connectivity index (χ1v) is 12.9. The highest BCUT2D eigenvalue weighted by Gasteiger charge is 2.22. The van der Waals surface area contributed by atoms with Gasteiger partial charge in [0.25, 0.3) is 5.91 Å². The van der Waals surface area contributed by atoms with Gasteiger partial charge in [-0.1, -0.05) is 60.7 Å². The Hall–Kier alpha value is -3.49. The Morgan fingerprint density at radius 2 is 1.60 bits per heavy atom. The largest absolute Gasteiger partial charge is 0.349 e. The maximum atomic E-state index is 13.2. The molecule has 3 aromatic carbocycles. The molecule has 0 atom stereocenters. The topological polar surface area (TPSA) is 75.9 Å². The molecule has 35 heavy (non-hydrogen) atoms. The molecule has 1 aliphatic rings. The lowest BCUT2D eigenvalue weighted by Gasteiger charge is -2.32. The van der Waals surface area contributed by atoms with Crippen LogP contribution in [0.4, 0.5) is 0 Å². The van der Waals surface area contributed by atoms with Crippen molar-refractivity contribution in [1.29, 1.82) is 0 Å². The molecule has 0 radical (unpaired) electrons. The van der Waals surface area contributed by atoms with Gasteiger partial charge in [-0.15, -0.1) is 16.9 Å². The Kier molecular flexibility index (Phi) is 7.50. The smallest absolute Gasteiger partial charge is 0.252 e. The van der Waals surface area contributed by atoms with Crippen LogP contribution < -0.4 is 5.32 Å². The fourth-order valence-corrected chi connectivity index (χ4v) is 5.28. The predicted molar refractivity (Wildman–Crippen MR) is 137 cm³/mol. The van der Waals surface area contributed by atoms with Crippen molar-refractivity contribution >= 4 is 17.7 Å². The van der Waals surface area contributed by atoms with Crippen LogP contribution in [0.3, 0.4) is 0 Å². The summed E-state index contributed by atoms with van der Waals surface area (Å²) in [7, 11) is 0. The van der Waals surface area contributed by atoms with E-state index in [1.807, 2.05) is 60.7 Å².